The molecular formula is C16H19NO3S. The van der Waals surface area contributed by atoms with Crippen molar-refractivity contribution >= 4 is 17.3 Å². The first-order chi connectivity index (χ1) is 10.2. The van der Waals surface area contributed by atoms with Crippen LogP contribution in [0.25, 0.3) is 0 Å². The molecule has 2 aromatic rings. The Balaban J connectivity index is 1.92. The highest BCUT2D eigenvalue weighted by Crippen LogP contribution is 2.18. The van der Waals surface area contributed by atoms with Gasteiger partial charge in [-0.1, -0.05) is 30.3 Å². The van der Waals surface area contributed by atoms with Crippen LogP contribution in [-0.2, 0) is 9.53 Å². The van der Waals surface area contributed by atoms with Gasteiger partial charge < -0.3 is 15.2 Å². The van der Waals surface area contributed by atoms with Gasteiger partial charge in [-0.15, -0.1) is 0 Å². The summed E-state index contributed by atoms with van der Waals surface area (Å²) in [4.78, 5) is 11.9. The Bertz CT molecular complexity index is 542. The second-order valence-corrected chi connectivity index (χ2v) is 5.50. The van der Waals surface area contributed by atoms with E-state index in [1.54, 1.807) is 11.3 Å². The van der Waals surface area contributed by atoms with Gasteiger partial charge in [-0.25, -0.2) is 0 Å². The number of ether oxygens (including phenoxy) is 1. The molecule has 0 bridgehead atoms. The van der Waals surface area contributed by atoms with Crippen LogP contribution >= 0.6 is 11.3 Å². The minimum absolute atomic E-state index is 0.279. The van der Waals surface area contributed by atoms with Crippen LogP contribution < -0.4 is 5.32 Å². The Hall–Kier alpha value is -1.69. The van der Waals surface area contributed by atoms with Gasteiger partial charge >= 0.3 is 5.97 Å². The topological polar surface area (TPSA) is 58.6 Å². The van der Waals surface area contributed by atoms with E-state index >= 15 is 0 Å². The molecule has 0 amide bonds. The third-order valence-electron chi connectivity index (χ3n) is 3.30. The largest absolute Gasteiger partial charge is 0.469 e. The molecule has 0 saturated carbocycles. The minimum Gasteiger partial charge on any atom is -0.469 e. The Morgan fingerprint density at radius 3 is 2.62 bits per heavy atom. The summed E-state index contributed by atoms with van der Waals surface area (Å²) in [5, 5.41) is 17.0. The number of esters is 1. The van der Waals surface area contributed by atoms with Gasteiger partial charge in [0.25, 0.3) is 0 Å². The molecule has 2 unspecified atom stereocenters. The van der Waals surface area contributed by atoms with Gasteiger partial charge in [0, 0.05) is 13.1 Å². The number of hydrogen-bond donors (Lipinski definition) is 2. The number of methoxy groups -OCH3 is 1. The lowest BCUT2D eigenvalue weighted by molar-refractivity contribution is -0.142. The van der Waals surface area contributed by atoms with Crippen LogP contribution in [0.2, 0.25) is 0 Å². The van der Waals surface area contributed by atoms with Crippen LogP contribution in [-0.4, -0.2) is 31.3 Å². The van der Waals surface area contributed by atoms with Crippen LogP contribution in [0.15, 0.2) is 47.2 Å². The molecular weight excluding hydrogens is 286 g/mol. The predicted molar refractivity (Wildman–Crippen MR) is 83.3 cm³/mol. The normalized spacial score (nSPS) is 13.6. The summed E-state index contributed by atoms with van der Waals surface area (Å²) < 4.78 is 4.86. The molecule has 0 aliphatic heterocycles. The van der Waals surface area contributed by atoms with E-state index in [9.17, 15) is 9.90 Å². The Kier molecular flexibility index (Phi) is 5.92. The Morgan fingerprint density at radius 2 is 2.00 bits per heavy atom. The van der Waals surface area contributed by atoms with Crippen molar-refractivity contribution < 1.29 is 14.6 Å². The maximum absolute atomic E-state index is 11.9. The molecule has 0 fully saturated rings. The molecule has 0 saturated heterocycles. The van der Waals surface area contributed by atoms with E-state index in [0.29, 0.717) is 13.1 Å². The van der Waals surface area contributed by atoms with Crippen molar-refractivity contribution in [2.75, 3.05) is 20.2 Å². The number of rotatable bonds is 7. The molecule has 0 spiro atoms. The van der Waals surface area contributed by atoms with E-state index in [0.717, 1.165) is 11.1 Å². The van der Waals surface area contributed by atoms with Gasteiger partial charge in [0.1, 0.15) is 0 Å². The number of nitrogens with one attached hydrogen (secondary N) is 1. The van der Waals surface area contributed by atoms with Crippen molar-refractivity contribution in [1.82, 2.24) is 5.32 Å². The first kappa shape index (κ1) is 15.7. The van der Waals surface area contributed by atoms with Crippen molar-refractivity contribution in [1.29, 1.82) is 0 Å². The third-order valence-corrected chi connectivity index (χ3v) is 4.00. The van der Waals surface area contributed by atoms with Crippen molar-refractivity contribution in [2.45, 2.75) is 12.0 Å². The van der Waals surface area contributed by atoms with Gasteiger partial charge in [0.05, 0.1) is 19.1 Å². The fraction of sp³-hybridized carbons (Fsp3) is 0.312. The number of aliphatic hydroxyl groups excluding tert-OH is 1. The SMILES string of the molecule is COC(=O)C(CNCC(O)c1ccsc1)c1ccccc1. The molecule has 1 aromatic carbocycles. The minimum atomic E-state index is -0.565. The maximum atomic E-state index is 11.9. The lowest BCUT2D eigenvalue weighted by Crippen LogP contribution is -2.30. The molecule has 1 heterocycles. The molecule has 21 heavy (non-hydrogen) atoms. The number of thiophene rings is 1. The van der Waals surface area contributed by atoms with Crippen LogP contribution in [0.5, 0.6) is 0 Å². The van der Waals surface area contributed by atoms with Gasteiger partial charge in [-0.05, 0) is 28.0 Å². The molecule has 5 heteroatoms. The van der Waals surface area contributed by atoms with Gasteiger partial charge in [0.15, 0.2) is 0 Å². The van der Waals surface area contributed by atoms with Crippen LogP contribution in [0, 0.1) is 0 Å². The number of hydrogen-bond acceptors (Lipinski definition) is 5. The fourth-order valence-electron chi connectivity index (χ4n) is 2.11. The quantitative estimate of drug-likeness (QED) is 0.771. The fourth-order valence-corrected chi connectivity index (χ4v) is 2.82. The highest BCUT2D eigenvalue weighted by atomic mass is 32.1. The van der Waals surface area contributed by atoms with E-state index in [1.165, 1.54) is 7.11 Å². The standard InChI is InChI=1S/C16H19NO3S/c1-20-16(19)14(12-5-3-2-4-6-12)9-17-10-15(18)13-7-8-21-11-13/h2-8,11,14-15,17-18H,9-10H2,1H3. The average Bonchev–Trinajstić information content (AvgIpc) is 3.06. The molecule has 4 nitrogen and oxygen atoms in total. The van der Waals surface area contributed by atoms with E-state index in [2.05, 4.69) is 5.32 Å². The lowest BCUT2D eigenvalue weighted by Gasteiger charge is -2.17. The molecule has 0 aliphatic carbocycles. The number of aliphatic hydroxyl groups is 1. The smallest absolute Gasteiger partial charge is 0.314 e. The van der Waals surface area contributed by atoms with Crippen LogP contribution in [0.4, 0.5) is 0 Å². The van der Waals surface area contributed by atoms with E-state index in [4.69, 9.17) is 4.74 Å². The number of carbonyl (C=O) groups excluding carboxylic acids is 1. The summed E-state index contributed by atoms with van der Waals surface area (Å²) in [7, 11) is 1.39. The molecule has 0 radical (unpaired) electrons. The maximum Gasteiger partial charge on any atom is 0.314 e. The zero-order valence-electron chi connectivity index (χ0n) is 11.9. The molecule has 0 aliphatic rings. The first-order valence-electron chi connectivity index (χ1n) is 6.76. The summed E-state index contributed by atoms with van der Waals surface area (Å²) >= 11 is 1.55. The molecule has 112 valence electrons. The Morgan fingerprint density at radius 1 is 1.24 bits per heavy atom. The van der Waals surface area contributed by atoms with Crippen molar-refractivity contribution in [2.24, 2.45) is 0 Å². The number of benzene rings is 1. The summed E-state index contributed by atoms with van der Waals surface area (Å²) in [6.45, 7) is 0.828. The second-order valence-electron chi connectivity index (χ2n) is 4.72. The number of carbonyl (C=O) groups is 1. The highest BCUT2D eigenvalue weighted by molar-refractivity contribution is 7.07. The van der Waals surface area contributed by atoms with Gasteiger partial charge in [-0.2, -0.15) is 11.3 Å². The van der Waals surface area contributed by atoms with Crippen LogP contribution in [0.1, 0.15) is 23.1 Å². The summed E-state index contributed by atoms with van der Waals surface area (Å²) in [6, 6.07) is 11.4. The van der Waals surface area contributed by atoms with Crippen molar-refractivity contribution in [3.63, 3.8) is 0 Å². The second kappa shape index (κ2) is 7.93. The highest BCUT2D eigenvalue weighted by Gasteiger charge is 2.21. The average molecular weight is 305 g/mol. The van der Waals surface area contributed by atoms with Gasteiger partial charge in [0.2, 0.25) is 0 Å². The lowest BCUT2D eigenvalue weighted by atomic mass is 9.99. The van der Waals surface area contributed by atoms with E-state index < -0.39 is 6.10 Å². The van der Waals surface area contributed by atoms with Gasteiger partial charge in [-0.3, -0.25) is 4.79 Å². The summed E-state index contributed by atoms with van der Waals surface area (Å²) in [5.41, 5.74) is 1.80. The van der Waals surface area contributed by atoms with Crippen molar-refractivity contribution in [3.8, 4) is 0 Å². The third kappa shape index (κ3) is 4.39. The summed E-state index contributed by atoms with van der Waals surface area (Å²) in [5.74, 6) is -0.649. The molecule has 2 atom stereocenters. The molecule has 1 aromatic heterocycles. The monoisotopic (exact) mass is 305 g/mol. The van der Waals surface area contributed by atoms with E-state index in [1.807, 2.05) is 47.2 Å². The van der Waals surface area contributed by atoms with E-state index in [-0.39, 0.29) is 11.9 Å². The molecule has 2 rings (SSSR count). The van der Waals surface area contributed by atoms with Crippen LogP contribution in [0.3, 0.4) is 0 Å². The zero-order valence-corrected chi connectivity index (χ0v) is 12.7. The predicted octanol–water partition coefficient (Wildman–Crippen LogP) is 2.33. The summed E-state index contributed by atoms with van der Waals surface area (Å²) in [6.07, 6.45) is -0.565. The Labute approximate surface area is 128 Å². The zero-order chi connectivity index (χ0) is 15.1. The van der Waals surface area contributed by atoms with Crippen molar-refractivity contribution in [3.05, 3.63) is 58.3 Å². The first-order valence-corrected chi connectivity index (χ1v) is 7.70. The molecule has 2 N–H and O–H groups in total.